The van der Waals surface area contributed by atoms with Gasteiger partial charge in [-0.15, -0.1) is 0 Å². The van der Waals surface area contributed by atoms with Gasteiger partial charge < -0.3 is 10.7 Å². The summed E-state index contributed by atoms with van der Waals surface area (Å²) in [4.78, 5) is 27.4. The third-order valence-electron chi connectivity index (χ3n) is 5.17. The third kappa shape index (κ3) is 5.11. The van der Waals surface area contributed by atoms with Gasteiger partial charge in [-0.05, 0) is 54.6 Å². The summed E-state index contributed by atoms with van der Waals surface area (Å²) >= 11 is 0. The number of aromatic nitrogens is 5. The van der Waals surface area contributed by atoms with E-state index in [4.69, 9.17) is 5.73 Å². The van der Waals surface area contributed by atoms with Crippen LogP contribution in [0.4, 0.5) is 10.2 Å². The van der Waals surface area contributed by atoms with Crippen LogP contribution < -0.4 is 11.3 Å². The van der Waals surface area contributed by atoms with Gasteiger partial charge in [0.25, 0.3) is 5.56 Å². The van der Waals surface area contributed by atoms with Crippen molar-refractivity contribution in [3.8, 4) is 5.69 Å². The molecule has 0 fully saturated rings. The minimum Gasteiger partial charge on any atom is -0.382 e. The number of halogens is 1. The molecule has 0 amide bonds. The fourth-order valence-electron chi connectivity index (χ4n) is 3.69. The van der Waals surface area contributed by atoms with Crippen LogP contribution in [0.5, 0.6) is 0 Å². The highest BCUT2D eigenvalue weighted by molar-refractivity contribution is 5.85. The van der Waals surface area contributed by atoms with E-state index in [1.165, 1.54) is 24.8 Å². The van der Waals surface area contributed by atoms with Crippen molar-refractivity contribution >= 4 is 27.8 Å². The fourth-order valence-corrected chi connectivity index (χ4v) is 3.69. The molecular formula is C26H29FN6O. The molecule has 7 nitrogen and oxygen atoms in total. The summed E-state index contributed by atoms with van der Waals surface area (Å²) in [5.41, 5.74) is 9.37. The van der Waals surface area contributed by atoms with Gasteiger partial charge in [0.1, 0.15) is 17.7 Å². The van der Waals surface area contributed by atoms with Crippen molar-refractivity contribution in [3.05, 3.63) is 88.6 Å². The van der Waals surface area contributed by atoms with Gasteiger partial charge in [0.05, 0.1) is 11.7 Å². The molecular weight excluding hydrogens is 431 g/mol. The number of nitrogens with zero attached hydrogens (tertiary/aromatic N) is 4. The average Bonchev–Trinajstić information content (AvgIpc) is 3.33. The average molecular weight is 461 g/mol. The van der Waals surface area contributed by atoms with Gasteiger partial charge in [-0.1, -0.05) is 45.4 Å². The Balaban J connectivity index is 0.000000224. The molecule has 0 spiro atoms. The smallest absolute Gasteiger partial charge is 0.263 e. The number of nitrogens with one attached hydrogen (secondary N) is 1. The molecule has 5 rings (SSSR count). The molecule has 0 aliphatic rings. The molecule has 0 bridgehead atoms. The van der Waals surface area contributed by atoms with E-state index in [0.717, 1.165) is 34.9 Å². The van der Waals surface area contributed by atoms with Crippen LogP contribution in [0.15, 0.2) is 66.0 Å². The molecule has 0 saturated carbocycles. The number of H-pyrrole nitrogens is 1. The molecule has 0 aliphatic heterocycles. The lowest BCUT2D eigenvalue weighted by Gasteiger charge is -2.15. The number of nitrogen functional groups attached to an aromatic ring is 1. The van der Waals surface area contributed by atoms with Gasteiger partial charge in [0.15, 0.2) is 11.5 Å². The van der Waals surface area contributed by atoms with E-state index >= 15 is 0 Å². The minimum atomic E-state index is -0.300. The maximum absolute atomic E-state index is 13.2. The number of hydrogen-bond acceptors (Lipinski definition) is 5. The van der Waals surface area contributed by atoms with Crippen LogP contribution in [-0.2, 0) is 6.42 Å². The van der Waals surface area contributed by atoms with Crippen LogP contribution in [0.1, 0.15) is 38.4 Å². The minimum absolute atomic E-state index is 0.0364. The number of benzene rings is 2. The van der Waals surface area contributed by atoms with E-state index < -0.39 is 0 Å². The highest BCUT2D eigenvalue weighted by atomic mass is 19.1. The van der Waals surface area contributed by atoms with E-state index in [0.29, 0.717) is 22.7 Å². The van der Waals surface area contributed by atoms with Crippen molar-refractivity contribution in [1.82, 2.24) is 24.5 Å². The van der Waals surface area contributed by atoms with Crippen molar-refractivity contribution in [2.45, 2.75) is 40.5 Å². The molecule has 8 heteroatoms. The fraction of sp³-hybridized carbons (Fsp3) is 0.231. The first kappa shape index (κ1) is 24.6. The predicted octanol–water partition coefficient (Wildman–Crippen LogP) is 5.35. The van der Waals surface area contributed by atoms with Gasteiger partial charge in [-0.25, -0.2) is 19.3 Å². The summed E-state index contributed by atoms with van der Waals surface area (Å²) in [6.45, 7) is 8.03. The molecule has 0 aliphatic carbocycles. The van der Waals surface area contributed by atoms with Crippen LogP contribution >= 0.6 is 0 Å². The number of pyridine rings is 1. The SMILES string of the molecule is CC.CCCc1cc2cccc(C)c2c(=O)n1-c1ccc(F)cc1.Nc1ncnc2nc[nH]c12. The largest absolute Gasteiger partial charge is 0.382 e. The highest BCUT2D eigenvalue weighted by Gasteiger charge is 2.12. The summed E-state index contributed by atoms with van der Waals surface area (Å²) in [6, 6.07) is 14.0. The summed E-state index contributed by atoms with van der Waals surface area (Å²) in [7, 11) is 0. The molecule has 3 N–H and O–H groups in total. The maximum atomic E-state index is 13.2. The predicted molar refractivity (Wildman–Crippen MR) is 136 cm³/mol. The second kappa shape index (κ2) is 11.2. The second-order valence-corrected chi connectivity index (χ2v) is 7.40. The Bertz CT molecular complexity index is 1440. The quantitative estimate of drug-likeness (QED) is 0.378. The molecule has 2 aromatic carbocycles. The van der Waals surface area contributed by atoms with Crippen molar-refractivity contribution in [2.24, 2.45) is 0 Å². The lowest BCUT2D eigenvalue weighted by molar-refractivity contribution is 0.627. The van der Waals surface area contributed by atoms with Crippen LogP contribution in [-0.4, -0.2) is 24.5 Å². The van der Waals surface area contributed by atoms with Crippen molar-refractivity contribution in [1.29, 1.82) is 0 Å². The molecule has 34 heavy (non-hydrogen) atoms. The molecule has 0 unspecified atom stereocenters. The number of hydrogen-bond donors (Lipinski definition) is 2. The molecule has 3 aromatic heterocycles. The molecule has 176 valence electrons. The highest BCUT2D eigenvalue weighted by Crippen LogP contribution is 2.20. The third-order valence-corrected chi connectivity index (χ3v) is 5.17. The molecule has 0 radical (unpaired) electrons. The van der Waals surface area contributed by atoms with Gasteiger partial charge in [-0.3, -0.25) is 9.36 Å². The first-order chi connectivity index (χ1) is 16.5. The van der Waals surface area contributed by atoms with E-state index in [-0.39, 0.29) is 11.4 Å². The first-order valence-corrected chi connectivity index (χ1v) is 11.3. The molecule has 0 saturated heterocycles. The van der Waals surface area contributed by atoms with E-state index in [1.807, 2.05) is 39.0 Å². The Morgan fingerprint density at radius 2 is 1.79 bits per heavy atom. The van der Waals surface area contributed by atoms with E-state index in [9.17, 15) is 9.18 Å². The summed E-state index contributed by atoms with van der Waals surface area (Å²) < 4.78 is 14.9. The number of rotatable bonds is 3. The van der Waals surface area contributed by atoms with Crippen LogP contribution in [0.3, 0.4) is 0 Å². The number of imidazole rings is 1. The monoisotopic (exact) mass is 460 g/mol. The van der Waals surface area contributed by atoms with E-state index in [1.54, 1.807) is 16.7 Å². The Morgan fingerprint density at radius 3 is 2.47 bits per heavy atom. The Labute approximate surface area is 197 Å². The zero-order valence-electron chi connectivity index (χ0n) is 19.8. The molecule has 0 atom stereocenters. The number of nitrogens with two attached hydrogens (primary N) is 1. The van der Waals surface area contributed by atoms with Crippen LogP contribution in [0.25, 0.3) is 27.6 Å². The number of aryl methyl sites for hydroxylation is 2. The second-order valence-electron chi connectivity index (χ2n) is 7.40. The Kier molecular flexibility index (Phi) is 8.08. The molecule has 3 heterocycles. The topological polar surface area (TPSA) is 102 Å². The number of anilines is 1. The standard InChI is InChI=1S/C19H18FNO.C5H5N5.C2H6/c1-3-5-17-12-14-7-4-6-13(2)18(14)19(22)21(17)16-10-8-15(20)9-11-16;6-4-3-5(9-1-7-3)10-2-8-4;1-2/h4,6-12H,3,5H2,1-2H3;1-2H,(H3,6,7,8,9,10);1-2H3. The lowest BCUT2D eigenvalue weighted by atomic mass is 10.0. The summed E-state index contributed by atoms with van der Waals surface area (Å²) in [5, 5.41) is 1.69. The normalized spacial score (nSPS) is 10.4. The Morgan fingerprint density at radius 1 is 1.06 bits per heavy atom. The van der Waals surface area contributed by atoms with Crippen molar-refractivity contribution < 1.29 is 4.39 Å². The number of aromatic amines is 1. The zero-order valence-corrected chi connectivity index (χ0v) is 19.8. The van der Waals surface area contributed by atoms with Crippen LogP contribution in [0.2, 0.25) is 0 Å². The Hall–Kier alpha value is -4.07. The lowest BCUT2D eigenvalue weighted by Crippen LogP contribution is -2.22. The van der Waals surface area contributed by atoms with Gasteiger partial charge in [-0.2, -0.15) is 0 Å². The van der Waals surface area contributed by atoms with Crippen molar-refractivity contribution in [2.75, 3.05) is 5.73 Å². The summed E-state index contributed by atoms with van der Waals surface area (Å²) in [5.74, 6) is 0.133. The van der Waals surface area contributed by atoms with E-state index in [2.05, 4.69) is 32.9 Å². The van der Waals surface area contributed by atoms with Crippen molar-refractivity contribution in [3.63, 3.8) is 0 Å². The number of fused-ring (bicyclic) bond motifs is 2. The van der Waals surface area contributed by atoms with Gasteiger partial charge in [0, 0.05) is 11.4 Å². The molecule has 5 aromatic rings. The first-order valence-electron chi connectivity index (χ1n) is 11.3. The zero-order chi connectivity index (χ0) is 24.7. The van der Waals surface area contributed by atoms with Crippen LogP contribution in [0, 0.1) is 12.7 Å². The van der Waals surface area contributed by atoms with Gasteiger partial charge in [0.2, 0.25) is 0 Å². The van der Waals surface area contributed by atoms with Gasteiger partial charge >= 0.3 is 0 Å². The summed E-state index contributed by atoms with van der Waals surface area (Å²) in [6.07, 6.45) is 4.67. The maximum Gasteiger partial charge on any atom is 0.263 e.